The minimum atomic E-state index is -1.52. The lowest BCUT2D eigenvalue weighted by Gasteiger charge is -2.11. The summed E-state index contributed by atoms with van der Waals surface area (Å²) in [7, 11) is 0. The molecule has 0 amide bonds. The number of carbonyl (C=O) groups is 2. The normalized spacial score (nSPS) is 13.7. The lowest BCUT2D eigenvalue weighted by Crippen LogP contribution is -2.39. The van der Waals surface area contributed by atoms with Crippen LogP contribution in [0.5, 0.6) is 0 Å². The topological polar surface area (TPSA) is 142 Å². The zero-order chi connectivity index (χ0) is 15.8. The molecular formula is C12H15N3O6. The molecule has 1 aliphatic heterocycles. The van der Waals surface area contributed by atoms with E-state index in [0.29, 0.717) is 6.07 Å². The molecular weight excluding hydrogens is 282 g/mol. The summed E-state index contributed by atoms with van der Waals surface area (Å²) in [6, 6.07) is 2.55. The van der Waals surface area contributed by atoms with Gasteiger partial charge in [0.1, 0.15) is 0 Å². The maximum Gasteiger partial charge on any atom is 0.336 e. The Labute approximate surface area is 119 Å². The number of nitrogens with one attached hydrogen (secondary N) is 2. The number of hydrogen-bond acceptors (Lipinski definition) is 6. The number of hydrogen-bond donors (Lipinski definition) is 4. The van der Waals surface area contributed by atoms with E-state index in [1.54, 1.807) is 0 Å². The van der Waals surface area contributed by atoms with Crippen LogP contribution in [0.15, 0.2) is 18.2 Å². The van der Waals surface area contributed by atoms with E-state index in [1.807, 2.05) is 0 Å². The summed E-state index contributed by atoms with van der Waals surface area (Å²) in [5.74, 6) is -2.96. The third-order valence-corrected chi connectivity index (χ3v) is 2.63. The van der Waals surface area contributed by atoms with Gasteiger partial charge in [-0.05, 0) is 6.07 Å². The van der Waals surface area contributed by atoms with Crippen molar-refractivity contribution in [2.75, 3.05) is 26.2 Å². The second kappa shape index (κ2) is 7.92. The van der Waals surface area contributed by atoms with E-state index in [4.69, 9.17) is 10.2 Å². The summed E-state index contributed by atoms with van der Waals surface area (Å²) in [5.41, 5.74) is -1.54. The SMILES string of the molecule is C1CNCCN1.O=C(O)c1ccc([N+](=O)[O-])cc1C(=O)O. The number of nitro groups is 1. The summed E-state index contributed by atoms with van der Waals surface area (Å²) in [5, 5.41) is 34.0. The Bertz CT molecular complexity index is 530. The van der Waals surface area contributed by atoms with Crippen molar-refractivity contribution in [3.05, 3.63) is 39.4 Å². The van der Waals surface area contributed by atoms with Gasteiger partial charge in [-0.1, -0.05) is 0 Å². The first kappa shape index (κ1) is 16.5. The molecule has 4 N–H and O–H groups in total. The lowest BCUT2D eigenvalue weighted by atomic mass is 10.1. The summed E-state index contributed by atoms with van der Waals surface area (Å²) >= 11 is 0. The van der Waals surface area contributed by atoms with Crippen molar-refractivity contribution in [1.82, 2.24) is 10.6 Å². The van der Waals surface area contributed by atoms with Crippen molar-refractivity contribution in [3.63, 3.8) is 0 Å². The molecule has 0 spiro atoms. The fourth-order valence-corrected chi connectivity index (χ4v) is 1.61. The van der Waals surface area contributed by atoms with Gasteiger partial charge in [0, 0.05) is 38.3 Å². The zero-order valence-electron chi connectivity index (χ0n) is 11.0. The molecule has 114 valence electrons. The van der Waals surface area contributed by atoms with Crippen LogP contribution in [0.2, 0.25) is 0 Å². The van der Waals surface area contributed by atoms with Gasteiger partial charge in [0.2, 0.25) is 0 Å². The van der Waals surface area contributed by atoms with Gasteiger partial charge in [0.05, 0.1) is 16.1 Å². The van der Waals surface area contributed by atoms with Gasteiger partial charge >= 0.3 is 11.9 Å². The third kappa shape index (κ3) is 5.16. The maximum atomic E-state index is 10.6. The van der Waals surface area contributed by atoms with Crippen LogP contribution in [-0.2, 0) is 0 Å². The molecule has 1 aromatic carbocycles. The van der Waals surface area contributed by atoms with Gasteiger partial charge in [-0.2, -0.15) is 0 Å². The fraction of sp³-hybridized carbons (Fsp3) is 0.333. The first-order valence-corrected chi connectivity index (χ1v) is 6.10. The number of nitro benzene ring substituents is 1. The van der Waals surface area contributed by atoms with Crippen LogP contribution in [0.1, 0.15) is 20.7 Å². The van der Waals surface area contributed by atoms with Crippen LogP contribution in [-0.4, -0.2) is 53.3 Å². The van der Waals surface area contributed by atoms with Crippen LogP contribution < -0.4 is 10.6 Å². The van der Waals surface area contributed by atoms with Gasteiger partial charge in [-0.15, -0.1) is 0 Å². The van der Waals surface area contributed by atoms with Crippen molar-refractivity contribution in [2.45, 2.75) is 0 Å². The van der Waals surface area contributed by atoms with E-state index < -0.39 is 33.7 Å². The van der Waals surface area contributed by atoms with Gasteiger partial charge in [-0.3, -0.25) is 10.1 Å². The Morgan fingerprint density at radius 1 is 1.00 bits per heavy atom. The van der Waals surface area contributed by atoms with Gasteiger partial charge in [0.15, 0.2) is 0 Å². The van der Waals surface area contributed by atoms with E-state index in [2.05, 4.69) is 10.6 Å². The highest BCUT2D eigenvalue weighted by molar-refractivity contribution is 6.02. The average molecular weight is 297 g/mol. The fourth-order valence-electron chi connectivity index (χ4n) is 1.61. The third-order valence-electron chi connectivity index (χ3n) is 2.63. The summed E-state index contributed by atoms with van der Waals surface area (Å²) < 4.78 is 0. The second-order valence-electron chi connectivity index (χ2n) is 4.10. The molecule has 0 aromatic heterocycles. The predicted molar refractivity (Wildman–Crippen MR) is 72.8 cm³/mol. The number of aromatic carboxylic acids is 2. The van der Waals surface area contributed by atoms with E-state index in [1.165, 1.54) is 0 Å². The largest absolute Gasteiger partial charge is 0.478 e. The molecule has 0 radical (unpaired) electrons. The Hall–Kier alpha value is -2.52. The Morgan fingerprint density at radius 3 is 1.81 bits per heavy atom. The molecule has 2 rings (SSSR count). The highest BCUT2D eigenvalue weighted by Gasteiger charge is 2.19. The van der Waals surface area contributed by atoms with Crippen LogP contribution >= 0.6 is 0 Å². The smallest absolute Gasteiger partial charge is 0.336 e. The van der Waals surface area contributed by atoms with E-state index in [-0.39, 0.29) is 0 Å². The number of benzene rings is 1. The van der Waals surface area contributed by atoms with Crippen molar-refractivity contribution in [3.8, 4) is 0 Å². The molecule has 0 atom stereocenters. The minimum absolute atomic E-state index is 0.461. The van der Waals surface area contributed by atoms with E-state index >= 15 is 0 Å². The monoisotopic (exact) mass is 297 g/mol. The molecule has 9 nitrogen and oxygen atoms in total. The first-order chi connectivity index (χ1) is 9.93. The van der Waals surface area contributed by atoms with Crippen LogP contribution in [0.4, 0.5) is 5.69 Å². The molecule has 0 bridgehead atoms. The van der Waals surface area contributed by atoms with Crippen molar-refractivity contribution in [1.29, 1.82) is 0 Å². The van der Waals surface area contributed by atoms with Crippen molar-refractivity contribution >= 4 is 17.6 Å². The predicted octanol–water partition coefficient (Wildman–Crippen LogP) is 0.170. The molecule has 9 heteroatoms. The molecule has 1 saturated heterocycles. The number of carboxylic acids is 2. The standard InChI is InChI=1S/C8H5NO6.C4H10N2/c10-7(11)5-2-1-4(9(14)15)3-6(5)8(12)13;1-2-6-4-3-5-1/h1-3H,(H,10,11)(H,12,13);5-6H,1-4H2. The first-order valence-electron chi connectivity index (χ1n) is 6.10. The van der Waals surface area contributed by atoms with Gasteiger partial charge < -0.3 is 20.8 Å². The van der Waals surface area contributed by atoms with Gasteiger partial charge in [0.25, 0.3) is 5.69 Å². The molecule has 1 heterocycles. The molecule has 1 aromatic rings. The Balaban J connectivity index is 0.000000304. The van der Waals surface area contributed by atoms with E-state index in [0.717, 1.165) is 38.3 Å². The summed E-state index contributed by atoms with van der Waals surface area (Å²) in [6.07, 6.45) is 0. The molecule has 1 fully saturated rings. The molecule has 21 heavy (non-hydrogen) atoms. The Kier molecular flexibility index (Phi) is 6.24. The zero-order valence-corrected chi connectivity index (χ0v) is 11.0. The minimum Gasteiger partial charge on any atom is -0.478 e. The molecule has 0 unspecified atom stereocenters. The lowest BCUT2D eigenvalue weighted by molar-refractivity contribution is -0.384. The molecule has 0 saturated carbocycles. The summed E-state index contributed by atoms with van der Waals surface area (Å²) in [6.45, 7) is 4.56. The van der Waals surface area contributed by atoms with Crippen molar-refractivity contribution < 1.29 is 24.7 Å². The van der Waals surface area contributed by atoms with Crippen molar-refractivity contribution in [2.24, 2.45) is 0 Å². The number of rotatable bonds is 3. The highest BCUT2D eigenvalue weighted by Crippen LogP contribution is 2.17. The Morgan fingerprint density at radius 2 is 1.48 bits per heavy atom. The summed E-state index contributed by atoms with van der Waals surface area (Å²) in [4.78, 5) is 30.7. The number of non-ortho nitro benzene ring substituents is 1. The number of nitrogens with zero attached hydrogens (tertiary/aromatic N) is 1. The van der Waals surface area contributed by atoms with Gasteiger partial charge in [-0.25, -0.2) is 9.59 Å². The maximum absolute atomic E-state index is 10.6. The van der Waals surface area contributed by atoms with E-state index in [9.17, 15) is 19.7 Å². The van der Waals surface area contributed by atoms with Crippen LogP contribution in [0.25, 0.3) is 0 Å². The number of piperazine rings is 1. The highest BCUT2D eigenvalue weighted by atomic mass is 16.6. The average Bonchev–Trinajstić information content (AvgIpc) is 2.48. The van der Waals surface area contributed by atoms with Crippen LogP contribution in [0.3, 0.4) is 0 Å². The molecule has 0 aliphatic carbocycles. The second-order valence-corrected chi connectivity index (χ2v) is 4.10. The number of carboxylic acid groups (broad SMARTS) is 2. The quantitative estimate of drug-likeness (QED) is 0.457. The van der Waals surface area contributed by atoms with Crippen LogP contribution in [0, 0.1) is 10.1 Å². The molecule has 1 aliphatic rings.